The first-order valence-corrected chi connectivity index (χ1v) is 7.39. The molecule has 0 aliphatic carbocycles. The third kappa shape index (κ3) is 4.31. The summed E-state index contributed by atoms with van der Waals surface area (Å²) in [6.45, 7) is 3.15. The van der Waals surface area contributed by atoms with E-state index in [1.807, 2.05) is 6.92 Å². The highest BCUT2D eigenvalue weighted by Gasteiger charge is 2.06. The first-order chi connectivity index (χ1) is 7.50. The van der Waals surface area contributed by atoms with Gasteiger partial charge in [-0.3, -0.25) is 4.21 Å². The summed E-state index contributed by atoms with van der Waals surface area (Å²) >= 11 is 3.36. The Kier molecular flexibility index (Phi) is 5.58. The summed E-state index contributed by atoms with van der Waals surface area (Å²) < 4.78 is 25.0. The van der Waals surface area contributed by atoms with Crippen molar-refractivity contribution in [2.75, 3.05) is 12.8 Å². The van der Waals surface area contributed by atoms with Gasteiger partial charge < -0.3 is 5.32 Å². The van der Waals surface area contributed by atoms with Gasteiger partial charge in [0.2, 0.25) is 0 Å². The van der Waals surface area contributed by atoms with Crippen LogP contribution in [0.5, 0.6) is 0 Å². The van der Waals surface area contributed by atoms with Crippen molar-refractivity contribution < 1.29 is 8.60 Å². The van der Waals surface area contributed by atoms with E-state index in [0.29, 0.717) is 13.1 Å². The van der Waals surface area contributed by atoms with Gasteiger partial charge in [-0.1, -0.05) is 15.9 Å². The van der Waals surface area contributed by atoms with Crippen molar-refractivity contribution >= 4 is 26.7 Å². The fourth-order valence-corrected chi connectivity index (χ4v) is 1.95. The number of nitrogens with one attached hydrogen (secondary N) is 1. The first kappa shape index (κ1) is 13.8. The van der Waals surface area contributed by atoms with Crippen LogP contribution in [0.4, 0.5) is 4.39 Å². The second-order valence-electron chi connectivity index (χ2n) is 3.68. The molecule has 2 atom stereocenters. The molecule has 0 fully saturated rings. The van der Waals surface area contributed by atoms with Gasteiger partial charge in [0.15, 0.2) is 0 Å². The lowest BCUT2D eigenvalue weighted by Crippen LogP contribution is -2.27. The minimum absolute atomic E-state index is 0.104. The number of hydrogen-bond donors (Lipinski definition) is 1. The lowest BCUT2D eigenvalue weighted by molar-refractivity contribution is 0.616. The van der Waals surface area contributed by atoms with Crippen molar-refractivity contribution in [2.24, 2.45) is 0 Å². The van der Waals surface area contributed by atoms with Crippen LogP contribution in [-0.4, -0.2) is 22.3 Å². The van der Waals surface area contributed by atoms with Crippen molar-refractivity contribution in [1.82, 2.24) is 5.32 Å². The van der Waals surface area contributed by atoms with Crippen molar-refractivity contribution in [3.63, 3.8) is 0 Å². The SMILES string of the molecule is C[C@@H](CNCc1cc(F)ccc1Br)[S@](C)=O. The third-order valence-electron chi connectivity index (χ3n) is 2.32. The van der Waals surface area contributed by atoms with E-state index in [9.17, 15) is 8.60 Å². The van der Waals surface area contributed by atoms with Crippen LogP contribution in [0.15, 0.2) is 22.7 Å². The topological polar surface area (TPSA) is 29.1 Å². The standard InChI is InChI=1S/C11H15BrFNOS/c1-8(16(2)15)6-14-7-9-5-10(13)3-4-11(9)12/h3-5,8,14H,6-7H2,1-2H3/t8-,16-/m0/s1. The molecule has 5 heteroatoms. The van der Waals surface area contributed by atoms with Crippen molar-refractivity contribution in [3.8, 4) is 0 Å². The van der Waals surface area contributed by atoms with Crippen LogP contribution in [0, 0.1) is 5.82 Å². The molecule has 1 rings (SSSR count). The lowest BCUT2D eigenvalue weighted by Gasteiger charge is -2.10. The summed E-state index contributed by atoms with van der Waals surface area (Å²) in [4.78, 5) is 0. The van der Waals surface area contributed by atoms with Gasteiger partial charge >= 0.3 is 0 Å². The molecule has 0 spiro atoms. The molecule has 0 aliphatic heterocycles. The van der Waals surface area contributed by atoms with E-state index in [2.05, 4.69) is 21.2 Å². The molecule has 0 radical (unpaired) electrons. The summed E-state index contributed by atoms with van der Waals surface area (Å²) in [6.07, 6.45) is 1.68. The van der Waals surface area contributed by atoms with Gasteiger partial charge in [0.1, 0.15) is 5.82 Å². The molecule has 0 unspecified atom stereocenters. The molecule has 1 N–H and O–H groups in total. The molecule has 0 bridgehead atoms. The molecule has 0 saturated heterocycles. The maximum Gasteiger partial charge on any atom is 0.123 e. The van der Waals surface area contributed by atoms with Gasteiger partial charge in [-0.05, 0) is 30.7 Å². The predicted molar refractivity (Wildman–Crippen MR) is 69.3 cm³/mol. The van der Waals surface area contributed by atoms with Gasteiger partial charge in [-0.15, -0.1) is 0 Å². The normalized spacial score (nSPS) is 14.8. The summed E-state index contributed by atoms with van der Waals surface area (Å²) in [5.74, 6) is -0.243. The Hall–Kier alpha value is -0.260. The molecule has 0 amide bonds. The quantitative estimate of drug-likeness (QED) is 0.905. The van der Waals surface area contributed by atoms with Crippen LogP contribution in [0.3, 0.4) is 0 Å². The molecule has 1 aromatic rings. The summed E-state index contributed by atoms with van der Waals surface area (Å²) in [7, 11) is -0.826. The van der Waals surface area contributed by atoms with E-state index in [1.165, 1.54) is 12.1 Å². The second kappa shape index (κ2) is 6.47. The highest BCUT2D eigenvalue weighted by Crippen LogP contribution is 2.17. The molecule has 0 heterocycles. The van der Waals surface area contributed by atoms with Crippen LogP contribution < -0.4 is 5.32 Å². The van der Waals surface area contributed by atoms with E-state index in [4.69, 9.17) is 0 Å². The zero-order chi connectivity index (χ0) is 12.1. The molecule has 90 valence electrons. The fourth-order valence-electron chi connectivity index (χ4n) is 1.21. The van der Waals surface area contributed by atoms with Gasteiger partial charge in [0, 0.05) is 39.9 Å². The van der Waals surface area contributed by atoms with Crippen molar-refractivity contribution in [3.05, 3.63) is 34.1 Å². The average Bonchev–Trinajstić information content (AvgIpc) is 2.22. The highest BCUT2D eigenvalue weighted by atomic mass is 79.9. The van der Waals surface area contributed by atoms with E-state index in [1.54, 1.807) is 12.3 Å². The zero-order valence-corrected chi connectivity index (χ0v) is 11.7. The molecule has 16 heavy (non-hydrogen) atoms. The minimum Gasteiger partial charge on any atom is -0.311 e. The molecule has 2 nitrogen and oxygen atoms in total. The van der Waals surface area contributed by atoms with Crippen molar-refractivity contribution in [2.45, 2.75) is 18.7 Å². The van der Waals surface area contributed by atoms with E-state index >= 15 is 0 Å². The van der Waals surface area contributed by atoms with Gasteiger partial charge in [-0.25, -0.2) is 4.39 Å². The number of rotatable bonds is 5. The monoisotopic (exact) mass is 307 g/mol. The molecule has 0 aromatic heterocycles. The second-order valence-corrected chi connectivity index (χ2v) is 6.33. The highest BCUT2D eigenvalue weighted by molar-refractivity contribution is 9.10. The Morgan fingerprint density at radius 2 is 2.25 bits per heavy atom. The minimum atomic E-state index is -0.826. The third-order valence-corrected chi connectivity index (χ3v) is 4.40. The smallest absolute Gasteiger partial charge is 0.123 e. The maximum atomic E-state index is 13.0. The average molecular weight is 308 g/mol. The van der Waals surface area contributed by atoms with E-state index < -0.39 is 10.8 Å². The summed E-state index contributed by atoms with van der Waals surface area (Å²) in [6, 6.07) is 4.59. The molecular weight excluding hydrogens is 293 g/mol. The molecular formula is C11H15BrFNOS. The largest absolute Gasteiger partial charge is 0.311 e. The van der Waals surface area contributed by atoms with E-state index in [0.717, 1.165) is 10.0 Å². The van der Waals surface area contributed by atoms with Crippen LogP contribution in [0.2, 0.25) is 0 Å². The molecule has 1 aromatic carbocycles. The maximum absolute atomic E-state index is 13.0. The number of halogens is 2. The lowest BCUT2D eigenvalue weighted by atomic mass is 10.2. The fraction of sp³-hybridized carbons (Fsp3) is 0.455. The Morgan fingerprint density at radius 1 is 1.56 bits per heavy atom. The summed E-state index contributed by atoms with van der Waals surface area (Å²) in [5, 5.41) is 3.27. The Balaban J connectivity index is 2.48. The molecule has 0 aliphatic rings. The van der Waals surface area contributed by atoms with Gasteiger partial charge in [0.25, 0.3) is 0 Å². The first-order valence-electron chi connectivity index (χ1n) is 4.97. The number of hydrogen-bond acceptors (Lipinski definition) is 2. The van der Waals surface area contributed by atoms with E-state index in [-0.39, 0.29) is 11.1 Å². The Bertz CT molecular complexity index is 386. The van der Waals surface area contributed by atoms with Crippen LogP contribution in [-0.2, 0) is 17.3 Å². The predicted octanol–water partition coefficient (Wildman–Crippen LogP) is 2.44. The molecule has 0 saturated carbocycles. The number of benzene rings is 1. The zero-order valence-electron chi connectivity index (χ0n) is 9.30. The van der Waals surface area contributed by atoms with Crippen molar-refractivity contribution in [1.29, 1.82) is 0 Å². The Morgan fingerprint density at radius 3 is 2.88 bits per heavy atom. The van der Waals surface area contributed by atoms with Crippen LogP contribution in [0.25, 0.3) is 0 Å². The van der Waals surface area contributed by atoms with Crippen LogP contribution in [0.1, 0.15) is 12.5 Å². The van der Waals surface area contributed by atoms with Gasteiger partial charge in [0.05, 0.1) is 0 Å². The Labute approximate surface area is 106 Å². The van der Waals surface area contributed by atoms with Gasteiger partial charge in [-0.2, -0.15) is 0 Å². The van der Waals surface area contributed by atoms with Crippen LogP contribution >= 0.6 is 15.9 Å². The summed E-state index contributed by atoms with van der Waals surface area (Å²) in [5.41, 5.74) is 0.870.